The van der Waals surface area contributed by atoms with Gasteiger partial charge in [-0.1, -0.05) is 32.8 Å². The zero-order chi connectivity index (χ0) is 19.8. The first kappa shape index (κ1) is 18.5. The van der Waals surface area contributed by atoms with Crippen LogP contribution in [0, 0.1) is 10.1 Å². The van der Waals surface area contributed by atoms with Gasteiger partial charge in [0.15, 0.2) is 5.82 Å². The van der Waals surface area contributed by atoms with Crippen molar-refractivity contribution in [3.63, 3.8) is 0 Å². The summed E-state index contributed by atoms with van der Waals surface area (Å²) in [5.74, 6) is 0.257. The van der Waals surface area contributed by atoms with Crippen molar-refractivity contribution in [3.8, 4) is 0 Å². The third kappa shape index (κ3) is 3.46. The highest BCUT2D eigenvalue weighted by atomic mass is 35.5. The molecule has 3 heterocycles. The fourth-order valence-corrected chi connectivity index (χ4v) is 3.67. The van der Waals surface area contributed by atoms with Gasteiger partial charge in [0.05, 0.1) is 0 Å². The molecule has 0 atom stereocenters. The molecule has 0 aliphatic carbocycles. The first-order valence-electron chi connectivity index (χ1n) is 8.42. The van der Waals surface area contributed by atoms with Gasteiger partial charge in [-0.25, -0.2) is 4.98 Å². The number of nitrogens with zero attached hydrogens (tertiary/aromatic N) is 6. The zero-order valence-corrected chi connectivity index (χ0v) is 16.0. The van der Waals surface area contributed by atoms with E-state index in [0.717, 1.165) is 0 Å². The van der Waals surface area contributed by atoms with Crippen molar-refractivity contribution in [1.82, 2.24) is 19.5 Å². The molecule has 0 saturated carbocycles. The number of amides is 1. The maximum Gasteiger partial charge on any atom is 0.368 e. The number of hydrogen-bond donors (Lipinski definition) is 0. The smallest absolute Gasteiger partial charge is 0.358 e. The number of anilines is 1. The number of carbonyl (C=O) groups is 1. The summed E-state index contributed by atoms with van der Waals surface area (Å²) in [5.41, 5.74) is 0.849. The number of piperazine rings is 1. The zero-order valence-electron chi connectivity index (χ0n) is 14.5. The van der Waals surface area contributed by atoms with E-state index in [0.29, 0.717) is 53.3 Å². The molecule has 0 unspecified atom stereocenters. The topological polar surface area (TPSA) is 96.9 Å². The number of halogens is 2. The molecule has 1 amide bonds. The van der Waals surface area contributed by atoms with Crippen molar-refractivity contribution >= 4 is 46.4 Å². The molecule has 28 heavy (non-hydrogen) atoms. The summed E-state index contributed by atoms with van der Waals surface area (Å²) in [4.78, 5) is 30.9. The minimum Gasteiger partial charge on any atom is -0.358 e. The second kappa shape index (κ2) is 7.25. The Hall–Kier alpha value is -2.91. The molecule has 3 aromatic rings. The van der Waals surface area contributed by atoms with E-state index in [2.05, 4.69) is 10.1 Å². The average molecular weight is 421 g/mol. The number of hydrogen-bond acceptors (Lipinski definition) is 6. The minimum absolute atomic E-state index is 0.141. The van der Waals surface area contributed by atoms with Crippen molar-refractivity contribution in [3.05, 3.63) is 62.3 Å². The molecule has 1 saturated heterocycles. The van der Waals surface area contributed by atoms with E-state index in [9.17, 15) is 14.9 Å². The molecule has 11 heteroatoms. The fourth-order valence-electron chi connectivity index (χ4n) is 3.14. The summed E-state index contributed by atoms with van der Waals surface area (Å²) in [6, 6.07) is 8.21. The third-order valence-corrected chi connectivity index (χ3v) is 4.95. The molecule has 0 radical (unpaired) electrons. The maximum absolute atomic E-state index is 12.7. The molecule has 1 aromatic carbocycles. The van der Waals surface area contributed by atoms with Gasteiger partial charge in [-0.2, -0.15) is 0 Å². The van der Waals surface area contributed by atoms with Gasteiger partial charge < -0.3 is 19.9 Å². The predicted octanol–water partition coefficient (Wildman–Crippen LogP) is 2.91. The number of carbonyl (C=O) groups excluding carboxylic acids is 1. The van der Waals surface area contributed by atoms with Crippen LogP contribution >= 0.6 is 23.2 Å². The van der Waals surface area contributed by atoms with Crippen molar-refractivity contribution < 1.29 is 9.72 Å². The SMILES string of the molecule is O=C(c1cc(Cl)cc(Cl)c1)N1CCN(c2ccc3ncc([N+](=O)[O-])n3n2)CC1. The Morgan fingerprint density at radius 1 is 1.07 bits per heavy atom. The molecule has 144 valence electrons. The fraction of sp³-hybridized carbons (Fsp3) is 0.235. The van der Waals surface area contributed by atoms with E-state index in [1.807, 2.05) is 4.90 Å². The largest absolute Gasteiger partial charge is 0.368 e. The van der Waals surface area contributed by atoms with Crippen LogP contribution in [0.1, 0.15) is 10.4 Å². The van der Waals surface area contributed by atoms with Crippen LogP contribution in [0.4, 0.5) is 11.6 Å². The number of aromatic nitrogens is 3. The van der Waals surface area contributed by atoms with E-state index in [1.165, 1.54) is 10.7 Å². The molecule has 9 nitrogen and oxygen atoms in total. The lowest BCUT2D eigenvalue weighted by molar-refractivity contribution is -0.391. The normalized spacial score (nSPS) is 14.5. The van der Waals surface area contributed by atoms with Crippen molar-refractivity contribution in [2.24, 2.45) is 0 Å². The number of benzene rings is 1. The lowest BCUT2D eigenvalue weighted by Gasteiger charge is -2.35. The number of nitro groups is 1. The van der Waals surface area contributed by atoms with Crippen molar-refractivity contribution in [1.29, 1.82) is 0 Å². The molecule has 4 rings (SSSR count). The van der Waals surface area contributed by atoms with E-state index >= 15 is 0 Å². The molecule has 1 aliphatic rings. The summed E-state index contributed by atoms with van der Waals surface area (Å²) >= 11 is 12.0. The first-order chi connectivity index (χ1) is 13.4. The molecule has 0 N–H and O–H groups in total. The Balaban J connectivity index is 1.49. The van der Waals surface area contributed by atoms with Crippen LogP contribution in [0.15, 0.2) is 36.5 Å². The Morgan fingerprint density at radius 2 is 1.75 bits per heavy atom. The molecule has 0 spiro atoms. The summed E-state index contributed by atoms with van der Waals surface area (Å²) in [5, 5.41) is 16.2. The first-order valence-corrected chi connectivity index (χ1v) is 9.17. The van der Waals surface area contributed by atoms with Gasteiger partial charge in [-0.3, -0.25) is 4.79 Å². The highest BCUT2D eigenvalue weighted by Gasteiger charge is 2.25. The van der Waals surface area contributed by atoms with Crippen LogP contribution < -0.4 is 4.90 Å². The Morgan fingerprint density at radius 3 is 2.39 bits per heavy atom. The quantitative estimate of drug-likeness (QED) is 0.477. The van der Waals surface area contributed by atoms with E-state index in [1.54, 1.807) is 35.2 Å². The predicted molar refractivity (Wildman–Crippen MR) is 104 cm³/mol. The van der Waals surface area contributed by atoms with Crippen molar-refractivity contribution in [2.75, 3.05) is 31.1 Å². The van der Waals surface area contributed by atoms with Gasteiger partial charge in [0.2, 0.25) is 5.65 Å². The Kier molecular flexibility index (Phi) is 4.78. The standard InChI is InChI=1S/C17H14Cl2N6O3/c18-12-7-11(8-13(19)9-12)17(26)23-5-3-22(4-6-23)15-2-1-14-20-10-16(25(27)28)24(14)21-15/h1-2,7-10H,3-6H2. The van der Waals surface area contributed by atoms with Crippen LogP contribution in [-0.4, -0.2) is 56.5 Å². The Bertz CT molecular complexity index is 1060. The summed E-state index contributed by atoms with van der Waals surface area (Å²) in [6.45, 7) is 2.05. The summed E-state index contributed by atoms with van der Waals surface area (Å²) in [6.07, 6.45) is 1.18. The van der Waals surface area contributed by atoms with E-state index in [-0.39, 0.29) is 11.7 Å². The van der Waals surface area contributed by atoms with Crippen molar-refractivity contribution in [2.45, 2.75) is 0 Å². The molecule has 1 fully saturated rings. The van der Waals surface area contributed by atoms with Gasteiger partial charge in [0.1, 0.15) is 6.20 Å². The van der Waals surface area contributed by atoms with Crippen LogP contribution in [0.25, 0.3) is 5.65 Å². The van der Waals surface area contributed by atoms with Gasteiger partial charge in [-0.05, 0) is 29.2 Å². The summed E-state index contributed by atoms with van der Waals surface area (Å²) in [7, 11) is 0. The van der Waals surface area contributed by atoms with E-state index < -0.39 is 4.92 Å². The highest BCUT2D eigenvalue weighted by molar-refractivity contribution is 6.35. The third-order valence-electron chi connectivity index (χ3n) is 4.52. The monoisotopic (exact) mass is 420 g/mol. The second-order valence-electron chi connectivity index (χ2n) is 6.27. The van der Waals surface area contributed by atoms with Gasteiger partial charge in [0.25, 0.3) is 5.91 Å². The van der Waals surface area contributed by atoms with Crippen LogP contribution in [-0.2, 0) is 0 Å². The second-order valence-corrected chi connectivity index (χ2v) is 7.15. The molecule has 0 bridgehead atoms. The average Bonchev–Trinajstić information content (AvgIpc) is 3.10. The molecular weight excluding hydrogens is 407 g/mol. The summed E-state index contributed by atoms with van der Waals surface area (Å²) < 4.78 is 1.21. The van der Waals surface area contributed by atoms with E-state index in [4.69, 9.17) is 23.2 Å². The number of fused-ring (bicyclic) bond motifs is 1. The molecule has 1 aliphatic heterocycles. The molecular formula is C17H14Cl2N6O3. The minimum atomic E-state index is -0.524. The lowest BCUT2D eigenvalue weighted by atomic mass is 10.2. The van der Waals surface area contributed by atoms with Crippen LogP contribution in [0.2, 0.25) is 10.0 Å². The van der Waals surface area contributed by atoms with Gasteiger partial charge in [0, 0.05) is 47.9 Å². The highest BCUT2D eigenvalue weighted by Crippen LogP contribution is 2.22. The van der Waals surface area contributed by atoms with Crippen LogP contribution in [0.5, 0.6) is 0 Å². The van der Waals surface area contributed by atoms with Gasteiger partial charge in [-0.15, -0.1) is 0 Å². The maximum atomic E-state index is 12.7. The lowest BCUT2D eigenvalue weighted by Crippen LogP contribution is -2.49. The van der Waals surface area contributed by atoms with Gasteiger partial charge >= 0.3 is 5.82 Å². The Labute approximate surface area is 169 Å². The molecule has 2 aromatic heterocycles. The number of rotatable bonds is 3. The van der Waals surface area contributed by atoms with Crippen LogP contribution in [0.3, 0.4) is 0 Å². The number of imidazole rings is 1.